The lowest BCUT2D eigenvalue weighted by atomic mass is 9.72. The van der Waals surface area contributed by atoms with Crippen molar-refractivity contribution >= 4 is 11.4 Å². The minimum Gasteiger partial charge on any atom is -0.373 e. The van der Waals surface area contributed by atoms with E-state index in [-0.39, 0.29) is 35.4 Å². The Morgan fingerprint density at radius 3 is 2.50 bits per heavy atom. The minimum atomic E-state index is -0.941. The maximum Gasteiger partial charge on any atom is 0.281 e. The molecule has 5 atom stereocenters. The van der Waals surface area contributed by atoms with Crippen LogP contribution in [0.2, 0.25) is 0 Å². The Kier molecular flexibility index (Phi) is 2.70. The topological polar surface area (TPSA) is 95.5 Å². The molecule has 3 fully saturated rings. The highest BCUT2D eigenvalue weighted by atomic mass is 16.6. The van der Waals surface area contributed by atoms with Gasteiger partial charge in [-0.1, -0.05) is 0 Å². The van der Waals surface area contributed by atoms with Crippen LogP contribution in [0.3, 0.4) is 0 Å². The molecule has 0 amide bonds. The van der Waals surface area contributed by atoms with Crippen LogP contribution in [0.15, 0.2) is 18.2 Å². The first-order valence-electron chi connectivity index (χ1n) is 7.97. The molecular weight excluding hydrogens is 288 g/mol. The summed E-state index contributed by atoms with van der Waals surface area (Å²) in [4.78, 5) is 20.6. The first-order chi connectivity index (χ1) is 10.9. The smallest absolute Gasteiger partial charge is 0.281 e. The zero-order valence-electron chi connectivity index (χ0n) is 12.8. The van der Waals surface area contributed by atoms with Crippen molar-refractivity contribution in [3.8, 4) is 0 Å². The van der Waals surface area contributed by atoms with Gasteiger partial charge in [-0.2, -0.15) is 0 Å². The number of non-ortho nitro benzene ring substituents is 1. The van der Waals surface area contributed by atoms with Gasteiger partial charge in [0, 0.05) is 6.07 Å². The first kappa shape index (κ1) is 12.5. The molecule has 0 saturated heterocycles. The van der Waals surface area contributed by atoms with Gasteiger partial charge in [0.2, 0.25) is 0 Å². The summed E-state index contributed by atoms with van der Waals surface area (Å²) >= 11 is 0. The van der Waals surface area contributed by atoms with Gasteiger partial charge in [-0.15, -0.1) is 0 Å². The predicted molar refractivity (Wildman–Crippen MR) is 76.1 cm³/mol. The number of nitro groups is 2. The average molecular weight is 305 g/mol. The fourth-order valence-electron chi connectivity index (χ4n) is 4.01. The molecule has 7 nitrogen and oxygen atoms in total. The number of nitro benzene ring substituents is 2. The third-order valence-corrected chi connectivity index (χ3v) is 5.32. The van der Waals surface area contributed by atoms with Crippen LogP contribution in [0.1, 0.15) is 26.2 Å². The molecule has 0 bridgehead atoms. The summed E-state index contributed by atoms with van der Waals surface area (Å²) in [7, 11) is 0. The number of benzene rings is 1. The summed E-state index contributed by atoms with van der Waals surface area (Å²) in [6, 6.07) is 3.55. The van der Waals surface area contributed by atoms with Crippen molar-refractivity contribution in [3.05, 3.63) is 44.0 Å². The van der Waals surface area contributed by atoms with Gasteiger partial charge >= 0.3 is 0 Å². The third kappa shape index (κ3) is 1.99. The largest absolute Gasteiger partial charge is 0.373 e. The van der Waals surface area contributed by atoms with Crippen molar-refractivity contribution in [2.24, 2.45) is 23.7 Å². The van der Waals surface area contributed by atoms with Gasteiger partial charge in [-0.3, -0.25) is 20.2 Å². The van der Waals surface area contributed by atoms with E-state index in [1.807, 2.05) is 0 Å². The van der Waals surface area contributed by atoms with Gasteiger partial charge in [-0.25, -0.2) is 0 Å². The van der Waals surface area contributed by atoms with Crippen molar-refractivity contribution < 1.29 is 16.0 Å². The summed E-state index contributed by atoms with van der Waals surface area (Å²) in [5.74, 6) is 1.67. The molecule has 1 aromatic rings. The zero-order valence-corrected chi connectivity index (χ0v) is 11.8. The lowest BCUT2D eigenvalue weighted by molar-refractivity contribution is -0.394. The van der Waals surface area contributed by atoms with Gasteiger partial charge < -0.3 is 4.74 Å². The van der Waals surface area contributed by atoms with Gasteiger partial charge in [0.05, 0.1) is 35.5 Å². The van der Waals surface area contributed by atoms with E-state index in [1.165, 1.54) is 12.1 Å². The second kappa shape index (κ2) is 4.74. The van der Waals surface area contributed by atoms with Crippen LogP contribution in [0.4, 0.5) is 11.4 Å². The Morgan fingerprint density at radius 1 is 1.14 bits per heavy atom. The van der Waals surface area contributed by atoms with E-state index in [4.69, 9.17) is 6.11 Å². The van der Waals surface area contributed by atoms with E-state index in [1.54, 1.807) is 0 Å². The highest BCUT2D eigenvalue weighted by molar-refractivity contribution is 5.48. The van der Waals surface area contributed by atoms with Crippen molar-refractivity contribution in [3.63, 3.8) is 0 Å². The molecule has 0 radical (unpaired) electrons. The SMILES string of the molecule is [2H][C@@]1(OCc2ccc([N+](=O)[O-])cc2[N+](=O)[O-])[C@@H]2C[C@@H]2[C@@H]2CC[C@@H]21. The highest BCUT2D eigenvalue weighted by Gasteiger charge is 2.63. The van der Waals surface area contributed by atoms with E-state index in [0.717, 1.165) is 25.3 Å². The van der Waals surface area contributed by atoms with E-state index in [0.29, 0.717) is 11.8 Å². The fourth-order valence-corrected chi connectivity index (χ4v) is 4.01. The maximum absolute atomic E-state index is 11.2. The molecule has 1 aromatic carbocycles. The molecule has 22 heavy (non-hydrogen) atoms. The summed E-state index contributed by atoms with van der Waals surface area (Å²) in [5.41, 5.74) is -0.353. The Labute approximate surface area is 128 Å². The van der Waals surface area contributed by atoms with E-state index in [9.17, 15) is 20.2 Å². The minimum absolute atomic E-state index is 0.0513. The molecule has 0 aromatic heterocycles. The van der Waals surface area contributed by atoms with Crippen LogP contribution in [0.25, 0.3) is 0 Å². The summed E-state index contributed by atoms with van der Waals surface area (Å²) in [5, 5.41) is 21.9. The number of fused-ring (bicyclic) bond motifs is 3. The molecule has 3 aliphatic carbocycles. The molecule has 116 valence electrons. The van der Waals surface area contributed by atoms with Gasteiger partial charge in [-0.05, 0) is 49.0 Å². The predicted octanol–water partition coefficient (Wildman–Crippen LogP) is 3.06. The molecule has 0 spiro atoms. The van der Waals surface area contributed by atoms with Crippen LogP contribution >= 0.6 is 0 Å². The van der Waals surface area contributed by atoms with Crippen molar-refractivity contribution in [2.75, 3.05) is 0 Å². The first-order valence-corrected chi connectivity index (χ1v) is 7.47. The molecule has 0 heterocycles. The number of ether oxygens (including phenoxy) is 1. The van der Waals surface area contributed by atoms with Crippen molar-refractivity contribution in [1.29, 1.82) is 0 Å². The molecular formula is C15H16N2O5. The number of hydrogen-bond acceptors (Lipinski definition) is 5. The van der Waals surface area contributed by atoms with E-state index < -0.39 is 15.9 Å². The zero-order chi connectivity index (χ0) is 16.4. The molecule has 3 saturated carbocycles. The third-order valence-electron chi connectivity index (χ3n) is 5.32. The van der Waals surface area contributed by atoms with E-state index >= 15 is 0 Å². The molecule has 4 rings (SSSR count). The second-order valence-corrected chi connectivity index (χ2v) is 6.37. The monoisotopic (exact) mass is 305 g/mol. The normalized spacial score (nSPS) is 38.5. The molecule has 7 heteroatoms. The molecule has 3 aliphatic rings. The second-order valence-electron chi connectivity index (χ2n) is 6.37. The summed E-state index contributed by atoms with van der Waals surface area (Å²) in [6.07, 6.45) is 2.23. The van der Waals surface area contributed by atoms with Crippen LogP contribution in [-0.2, 0) is 11.3 Å². The van der Waals surface area contributed by atoms with Gasteiger partial charge in [0.25, 0.3) is 11.4 Å². The molecule has 0 N–H and O–H groups in total. The van der Waals surface area contributed by atoms with Crippen LogP contribution in [0.5, 0.6) is 0 Å². The van der Waals surface area contributed by atoms with E-state index in [2.05, 4.69) is 0 Å². The Hall–Kier alpha value is -2.02. The summed E-state index contributed by atoms with van der Waals surface area (Å²) in [6.45, 7) is -0.0513. The van der Waals surface area contributed by atoms with Crippen LogP contribution in [0, 0.1) is 43.9 Å². The Morgan fingerprint density at radius 2 is 1.91 bits per heavy atom. The highest BCUT2D eigenvalue weighted by Crippen LogP contribution is 2.66. The lowest BCUT2D eigenvalue weighted by Gasteiger charge is -2.37. The Bertz CT molecular complexity index is 711. The Balaban J connectivity index is 1.55. The number of hydrogen-bond donors (Lipinski definition) is 0. The van der Waals surface area contributed by atoms with Gasteiger partial charge in [0.1, 0.15) is 0 Å². The number of rotatable bonds is 5. The quantitative estimate of drug-likeness (QED) is 0.615. The standard InChI is InChI=1S/C15H16N2O5/c18-16(19)9-2-1-8(14(5-9)17(20)21)7-22-15-11-4-3-10(11)12-6-13(12)15/h1-2,5,10-13,15H,3-4,6-7H2/t10-,11+,12-,13-,15+/m1/s1/i15D. The van der Waals surface area contributed by atoms with Gasteiger partial charge in [0.15, 0.2) is 0 Å². The summed E-state index contributed by atoms with van der Waals surface area (Å²) < 4.78 is 14.5. The van der Waals surface area contributed by atoms with Crippen molar-refractivity contribution in [2.45, 2.75) is 31.9 Å². The van der Waals surface area contributed by atoms with Crippen LogP contribution < -0.4 is 0 Å². The lowest BCUT2D eigenvalue weighted by Crippen LogP contribution is -2.33. The average Bonchev–Trinajstić information content (AvgIpc) is 3.21. The molecule has 0 aliphatic heterocycles. The fraction of sp³-hybridized carbons (Fsp3) is 0.600. The van der Waals surface area contributed by atoms with Crippen molar-refractivity contribution in [1.82, 2.24) is 0 Å². The maximum atomic E-state index is 11.2. The molecule has 0 unspecified atom stereocenters. The number of nitrogens with zero attached hydrogens (tertiary/aromatic N) is 2. The van der Waals surface area contributed by atoms with Crippen LogP contribution in [-0.4, -0.2) is 15.9 Å².